The van der Waals surface area contributed by atoms with Gasteiger partial charge in [0.2, 0.25) is 0 Å². The van der Waals surface area contributed by atoms with Crippen LogP contribution in [0.1, 0.15) is 25.0 Å². The van der Waals surface area contributed by atoms with Crippen LogP contribution in [0.25, 0.3) is 0 Å². The predicted octanol–water partition coefficient (Wildman–Crippen LogP) is 2.02. The van der Waals surface area contributed by atoms with Crippen LogP contribution < -0.4 is 10.6 Å². The number of esters is 1. The summed E-state index contributed by atoms with van der Waals surface area (Å²) >= 11 is 4.99. The van der Waals surface area contributed by atoms with Crippen LogP contribution >= 0.6 is 12.2 Å². The Morgan fingerprint density at radius 1 is 1.47 bits per heavy atom. The van der Waals surface area contributed by atoms with Gasteiger partial charge >= 0.3 is 5.97 Å². The highest BCUT2D eigenvalue weighted by molar-refractivity contribution is 7.80. The van der Waals surface area contributed by atoms with Gasteiger partial charge in [0.25, 0.3) is 0 Å². The van der Waals surface area contributed by atoms with Crippen LogP contribution in [0.2, 0.25) is 0 Å². The second-order valence-electron chi connectivity index (χ2n) is 4.66. The summed E-state index contributed by atoms with van der Waals surface area (Å²) in [4.78, 5) is 13.8. The molecule has 104 valence electrons. The molecule has 0 amide bonds. The fraction of sp³-hybridized carbons (Fsp3) is 0.429. The molecule has 0 radical (unpaired) electrons. The van der Waals surface area contributed by atoms with E-state index in [1.54, 1.807) is 0 Å². The van der Waals surface area contributed by atoms with Crippen molar-refractivity contribution < 1.29 is 9.53 Å². The van der Waals surface area contributed by atoms with E-state index in [1.165, 1.54) is 7.11 Å². The number of hydrogen-bond donors (Lipinski definition) is 1. The van der Waals surface area contributed by atoms with Gasteiger partial charge in [-0.15, -0.1) is 0 Å². The third-order valence-corrected chi connectivity index (χ3v) is 3.18. The maximum absolute atomic E-state index is 11.5. The Labute approximate surface area is 119 Å². The van der Waals surface area contributed by atoms with Gasteiger partial charge in [-0.2, -0.15) is 0 Å². The van der Waals surface area contributed by atoms with Crippen molar-refractivity contribution in [3.8, 4) is 0 Å². The number of nitrogens with zero attached hydrogens (tertiary/aromatic N) is 1. The molecular formula is C14H20N2O2S. The van der Waals surface area contributed by atoms with Gasteiger partial charge in [-0.1, -0.05) is 12.2 Å². The number of aryl methyl sites for hydroxylation is 1. The molecule has 1 rings (SSSR count). The first-order chi connectivity index (χ1) is 8.86. The molecule has 1 aromatic rings. The number of carbonyl (C=O) groups is 1. The van der Waals surface area contributed by atoms with Gasteiger partial charge in [-0.05, 0) is 44.5 Å². The van der Waals surface area contributed by atoms with Crippen molar-refractivity contribution in [2.45, 2.75) is 26.8 Å². The summed E-state index contributed by atoms with van der Waals surface area (Å²) in [7, 11) is 1.39. The predicted molar refractivity (Wildman–Crippen MR) is 81.6 cm³/mol. The maximum atomic E-state index is 11.5. The van der Waals surface area contributed by atoms with Gasteiger partial charge in [0.15, 0.2) is 0 Å². The topological polar surface area (TPSA) is 55.6 Å². The van der Waals surface area contributed by atoms with E-state index in [1.807, 2.05) is 43.9 Å². The molecule has 0 saturated heterocycles. The van der Waals surface area contributed by atoms with Crippen molar-refractivity contribution in [1.29, 1.82) is 0 Å². The van der Waals surface area contributed by atoms with E-state index in [-0.39, 0.29) is 18.6 Å². The number of nitrogens with two attached hydrogens (primary N) is 1. The third kappa shape index (κ3) is 3.92. The molecule has 4 nitrogen and oxygen atoms in total. The Bertz CT molecular complexity index is 486. The van der Waals surface area contributed by atoms with E-state index in [2.05, 4.69) is 0 Å². The quantitative estimate of drug-likeness (QED) is 0.660. The molecule has 0 spiro atoms. The van der Waals surface area contributed by atoms with E-state index in [0.29, 0.717) is 4.99 Å². The molecule has 2 N–H and O–H groups in total. The number of rotatable bonds is 5. The Morgan fingerprint density at radius 3 is 2.53 bits per heavy atom. The van der Waals surface area contributed by atoms with Crippen molar-refractivity contribution in [2.75, 3.05) is 18.6 Å². The highest BCUT2D eigenvalue weighted by Crippen LogP contribution is 2.21. The second-order valence-corrected chi connectivity index (χ2v) is 5.10. The highest BCUT2D eigenvalue weighted by atomic mass is 32.1. The zero-order valence-corrected chi connectivity index (χ0v) is 12.6. The SMILES string of the molecule is COC(=O)CN(c1ccc(C(N)=S)c(C)c1)C(C)C. The monoisotopic (exact) mass is 280 g/mol. The largest absolute Gasteiger partial charge is 0.468 e. The number of ether oxygens (including phenoxy) is 1. The first kappa shape index (κ1) is 15.4. The fourth-order valence-corrected chi connectivity index (χ4v) is 2.11. The Balaban J connectivity index is 3.07. The van der Waals surface area contributed by atoms with Crippen LogP contribution in [0.5, 0.6) is 0 Å². The normalized spacial score (nSPS) is 10.4. The van der Waals surface area contributed by atoms with Crippen molar-refractivity contribution in [2.24, 2.45) is 5.73 Å². The number of hydrogen-bond acceptors (Lipinski definition) is 4. The lowest BCUT2D eigenvalue weighted by atomic mass is 10.1. The zero-order chi connectivity index (χ0) is 14.6. The molecule has 0 saturated carbocycles. The lowest BCUT2D eigenvalue weighted by molar-refractivity contribution is -0.139. The fourth-order valence-electron chi connectivity index (χ4n) is 1.88. The Morgan fingerprint density at radius 2 is 2.11 bits per heavy atom. The van der Waals surface area contributed by atoms with Crippen LogP contribution in [0.4, 0.5) is 5.69 Å². The van der Waals surface area contributed by atoms with E-state index in [0.717, 1.165) is 16.8 Å². The summed E-state index contributed by atoms with van der Waals surface area (Å²) in [6.07, 6.45) is 0. The van der Waals surface area contributed by atoms with Crippen LogP contribution in [0.3, 0.4) is 0 Å². The van der Waals surface area contributed by atoms with Gasteiger partial charge in [-0.3, -0.25) is 4.79 Å². The Hall–Kier alpha value is -1.62. The minimum Gasteiger partial charge on any atom is -0.468 e. The number of methoxy groups -OCH3 is 1. The molecule has 0 aliphatic carbocycles. The molecule has 0 atom stereocenters. The molecule has 0 fully saturated rings. The van der Waals surface area contributed by atoms with Gasteiger partial charge in [-0.25, -0.2) is 0 Å². The van der Waals surface area contributed by atoms with Gasteiger partial charge in [0, 0.05) is 17.3 Å². The lowest BCUT2D eigenvalue weighted by Crippen LogP contribution is -2.36. The van der Waals surface area contributed by atoms with Gasteiger partial charge < -0.3 is 15.4 Å². The van der Waals surface area contributed by atoms with E-state index >= 15 is 0 Å². The average molecular weight is 280 g/mol. The molecule has 1 aromatic carbocycles. The smallest absolute Gasteiger partial charge is 0.325 e. The number of carbonyl (C=O) groups excluding carboxylic acids is 1. The molecule has 0 aliphatic rings. The lowest BCUT2D eigenvalue weighted by Gasteiger charge is -2.28. The first-order valence-electron chi connectivity index (χ1n) is 6.10. The zero-order valence-electron chi connectivity index (χ0n) is 11.8. The van der Waals surface area contributed by atoms with Crippen molar-refractivity contribution in [3.05, 3.63) is 29.3 Å². The molecule has 0 unspecified atom stereocenters. The van der Waals surface area contributed by atoms with E-state index in [4.69, 9.17) is 22.7 Å². The van der Waals surface area contributed by atoms with E-state index < -0.39 is 0 Å². The van der Waals surface area contributed by atoms with Crippen LogP contribution in [0.15, 0.2) is 18.2 Å². The summed E-state index contributed by atoms with van der Waals surface area (Å²) in [5.74, 6) is -0.259. The van der Waals surface area contributed by atoms with Gasteiger partial charge in [0.1, 0.15) is 11.5 Å². The highest BCUT2D eigenvalue weighted by Gasteiger charge is 2.16. The summed E-state index contributed by atoms with van der Waals surface area (Å²) < 4.78 is 4.72. The molecule has 0 heterocycles. The number of benzene rings is 1. The maximum Gasteiger partial charge on any atom is 0.325 e. The summed E-state index contributed by atoms with van der Waals surface area (Å²) in [6, 6.07) is 5.98. The molecule has 0 aromatic heterocycles. The standard InChI is InChI=1S/C14H20N2O2S/c1-9(2)16(8-13(17)18-4)11-5-6-12(14(15)19)10(3)7-11/h5-7,9H,8H2,1-4H3,(H2,15,19). The third-order valence-electron chi connectivity index (χ3n) is 2.96. The molecule has 5 heteroatoms. The molecule has 0 aliphatic heterocycles. The van der Waals surface area contributed by atoms with Crippen molar-refractivity contribution >= 4 is 28.9 Å². The summed E-state index contributed by atoms with van der Waals surface area (Å²) in [5.41, 5.74) is 8.47. The minimum atomic E-state index is -0.259. The first-order valence-corrected chi connectivity index (χ1v) is 6.51. The van der Waals surface area contributed by atoms with Crippen LogP contribution in [-0.2, 0) is 9.53 Å². The second kappa shape index (κ2) is 6.52. The number of thiocarbonyl (C=S) groups is 1. The van der Waals surface area contributed by atoms with Crippen LogP contribution in [-0.4, -0.2) is 30.7 Å². The molecule has 0 bridgehead atoms. The molecule has 19 heavy (non-hydrogen) atoms. The summed E-state index contributed by atoms with van der Waals surface area (Å²) in [6.45, 7) is 6.23. The number of anilines is 1. The van der Waals surface area contributed by atoms with E-state index in [9.17, 15) is 4.79 Å². The Kier molecular flexibility index (Phi) is 5.30. The van der Waals surface area contributed by atoms with Crippen LogP contribution in [0, 0.1) is 6.92 Å². The van der Waals surface area contributed by atoms with Crippen molar-refractivity contribution in [1.82, 2.24) is 0 Å². The summed E-state index contributed by atoms with van der Waals surface area (Å²) in [5, 5.41) is 0. The minimum absolute atomic E-state index is 0.189. The van der Waals surface area contributed by atoms with Crippen molar-refractivity contribution in [3.63, 3.8) is 0 Å². The molecular weight excluding hydrogens is 260 g/mol. The van der Waals surface area contributed by atoms with Gasteiger partial charge in [0.05, 0.1) is 7.11 Å². The average Bonchev–Trinajstić information content (AvgIpc) is 2.34.